The molecule has 2 aromatic carbocycles. The molecule has 1 atom stereocenters. The second-order valence-electron chi connectivity index (χ2n) is 5.68. The Morgan fingerprint density at radius 1 is 1.04 bits per heavy atom. The van der Waals surface area contributed by atoms with E-state index in [1.54, 1.807) is 37.4 Å². The molecule has 26 heavy (non-hydrogen) atoms. The number of sulfone groups is 1. The van der Waals surface area contributed by atoms with Crippen LogP contribution in [0.25, 0.3) is 0 Å². The summed E-state index contributed by atoms with van der Waals surface area (Å²) in [5, 5.41) is 0. The van der Waals surface area contributed by atoms with Gasteiger partial charge in [0.05, 0.1) is 16.2 Å². The molecule has 0 N–H and O–H groups in total. The van der Waals surface area contributed by atoms with E-state index in [0.29, 0.717) is 5.69 Å². The second-order valence-corrected chi connectivity index (χ2v) is 7.93. The van der Waals surface area contributed by atoms with Gasteiger partial charge >= 0.3 is 5.97 Å². The van der Waals surface area contributed by atoms with E-state index in [9.17, 15) is 18.0 Å². The van der Waals surface area contributed by atoms with Crippen molar-refractivity contribution in [2.75, 3.05) is 17.7 Å². The molecule has 0 spiro atoms. The van der Waals surface area contributed by atoms with Crippen LogP contribution < -0.4 is 4.90 Å². The summed E-state index contributed by atoms with van der Waals surface area (Å²) in [6.45, 7) is 2.95. The molecule has 6 nitrogen and oxygen atoms in total. The molecule has 0 unspecified atom stereocenters. The smallest absolute Gasteiger partial charge is 0.340 e. The molecule has 0 radical (unpaired) electrons. The summed E-state index contributed by atoms with van der Waals surface area (Å²) >= 11 is 0. The first-order valence-electron chi connectivity index (χ1n) is 8.13. The summed E-state index contributed by atoms with van der Waals surface area (Å²) < 4.78 is 29.5. The van der Waals surface area contributed by atoms with Crippen LogP contribution in [0.4, 0.5) is 5.69 Å². The Labute approximate surface area is 153 Å². The van der Waals surface area contributed by atoms with Crippen LogP contribution in [0, 0.1) is 0 Å². The zero-order valence-corrected chi connectivity index (χ0v) is 15.7. The molecule has 0 saturated heterocycles. The van der Waals surface area contributed by atoms with E-state index in [2.05, 4.69) is 0 Å². The van der Waals surface area contributed by atoms with Crippen molar-refractivity contribution in [1.82, 2.24) is 0 Å². The van der Waals surface area contributed by atoms with Crippen LogP contribution in [0.1, 0.15) is 24.2 Å². The van der Waals surface area contributed by atoms with Crippen molar-refractivity contribution >= 4 is 27.4 Å². The topological polar surface area (TPSA) is 80.7 Å². The highest BCUT2D eigenvalue weighted by molar-refractivity contribution is 7.91. The fourth-order valence-corrected chi connectivity index (χ4v) is 3.47. The Bertz CT molecular complexity index is 893. The zero-order chi connectivity index (χ0) is 19.3. The average Bonchev–Trinajstić information content (AvgIpc) is 2.67. The Hall–Kier alpha value is -2.67. The summed E-state index contributed by atoms with van der Waals surface area (Å²) in [6, 6.07) is 14.8. The predicted molar refractivity (Wildman–Crippen MR) is 98.9 cm³/mol. The zero-order valence-electron chi connectivity index (χ0n) is 14.9. The number of esters is 1. The highest BCUT2D eigenvalue weighted by Crippen LogP contribution is 2.19. The number of amides is 1. The van der Waals surface area contributed by atoms with Gasteiger partial charge in [-0.15, -0.1) is 0 Å². The summed E-state index contributed by atoms with van der Waals surface area (Å²) in [4.78, 5) is 26.2. The van der Waals surface area contributed by atoms with Crippen molar-refractivity contribution in [2.24, 2.45) is 0 Å². The molecule has 138 valence electrons. The fraction of sp³-hybridized carbons (Fsp3) is 0.263. The van der Waals surface area contributed by atoms with Crippen molar-refractivity contribution in [3.8, 4) is 0 Å². The standard InChI is InChI=1S/C19H21NO5S/c1-4-26(23,24)17-13-9-8-12-16(17)19(22)25-14(2)18(21)20(3)15-10-6-5-7-11-15/h5-14H,4H2,1-3H3/t14-/m0/s1. The largest absolute Gasteiger partial charge is 0.449 e. The number of benzene rings is 2. The van der Waals surface area contributed by atoms with Crippen LogP contribution in [-0.2, 0) is 19.4 Å². The van der Waals surface area contributed by atoms with E-state index in [0.717, 1.165) is 0 Å². The molecule has 0 saturated carbocycles. The predicted octanol–water partition coefficient (Wildman–Crippen LogP) is 2.69. The highest BCUT2D eigenvalue weighted by Gasteiger charge is 2.26. The van der Waals surface area contributed by atoms with Gasteiger partial charge in [-0.1, -0.05) is 37.3 Å². The van der Waals surface area contributed by atoms with E-state index < -0.39 is 27.8 Å². The Balaban J connectivity index is 2.19. The number of hydrogen-bond donors (Lipinski definition) is 0. The highest BCUT2D eigenvalue weighted by atomic mass is 32.2. The lowest BCUT2D eigenvalue weighted by atomic mass is 10.2. The van der Waals surface area contributed by atoms with Crippen molar-refractivity contribution in [1.29, 1.82) is 0 Å². The summed E-state index contributed by atoms with van der Waals surface area (Å²) in [7, 11) is -2.00. The number of carbonyl (C=O) groups excluding carboxylic acids is 2. The number of nitrogens with zero attached hydrogens (tertiary/aromatic N) is 1. The number of hydrogen-bond acceptors (Lipinski definition) is 5. The first kappa shape index (κ1) is 19.7. The molecule has 2 aromatic rings. The minimum atomic E-state index is -3.59. The molecule has 1 amide bonds. The fourth-order valence-electron chi connectivity index (χ4n) is 2.39. The van der Waals surface area contributed by atoms with Crippen molar-refractivity contribution in [2.45, 2.75) is 24.8 Å². The normalized spacial score (nSPS) is 12.3. The number of carbonyl (C=O) groups is 2. The van der Waals surface area contributed by atoms with Gasteiger partial charge in [0.15, 0.2) is 15.9 Å². The third-order valence-corrected chi connectivity index (χ3v) is 5.71. The third kappa shape index (κ3) is 4.29. The number of para-hydroxylation sites is 1. The first-order chi connectivity index (χ1) is 12.3. The monoisotopic (exact) mass is 375 g/mol. The molecule has 0 aliphatic heterocycles. The van der Waals surface area contributed by atoms with Crippen molar-refractivity contribution < 1.29 is 22.7 Å². The van der Waals surface area contributed by atoms with E-state index in [4.69, 9.17) is 4.74 Å². The lowest BCUT2D eigenvalue weighted by Gasteiger charge is -2.21. The number of rotatable bonds is 6. The average molecular weight is 375 g/mol. The maximum absolute atomic E-state index is 12.5. The summed E-state index contributed by atoms with van der Waals surface area (Å²) in [6.07, 6.45) is -1.06. The van der Waals surface area contributed by atoms with Gasteiger partial charge in [0.25, 0.3) is 5.91 Å². The first-order valence-corrected chi connectivity index (χ1v) is 9.78. The van der Waals surface area contributed by atoms with Gasteiger partial charge in [-0.05, 0) is 31.2 Å². The van der Waals surface area contributed by atoms with Gasteiger partial charge in [0.1, 0.15) is 0 Å². The molecule has 2 rings (SSSR count). The summed E-state index contributed by atoms with van der Waals surface area (Å²) in [5.74, 6) is -1.40. The molecule has 7 heteroatoms. The lowest BCUT2D eigenvalue weighted by molar-refractivity contribution is -0.126. The number of anilines is 1. The van der Waals surface area contributed by atoms with Crippen molar-refractivity contribution in [3.05, 3.63) is 60.2 Å². The Morgan fingerprint density at radius 3 is 2.23 bits per heavy atom. The summed E-state index contributed by atoms with van der Waals surface area (Å²) in [5.41, 5.74) is 0.589. The lowest BCUT2D eigenvalue weighted by Crippen LogP contribution is -2.37. The van der Waals surface area contributed by atoms with Crippen LogP contribution in [0.5, 0.6) is 0 Å². The maximum Gasteiger partial charge on any atom is 0.340 e. The van der Waals surface area contributed by atoms with E-state index in [1.807, 2.05) is 6.07 Å². The van der Waals surface area contributed by atoms with Gasteiger partial charge in [-0.3, -0.25) is 4.79 Å². The quantitative estimate of drug-likeness (QED) is 0.725. The van der Waals surface area contributed by atoms with Crippen LogP contribution in [0.2, 0.25) is 0 Å². The van der Waals surface area contributed by atoms with Crippen LogP contribution in [0.3, 0.4) is 0 Å². The number of ether oxygens (including phenoxy) is 1. The molecule has 0 aliphatic rings. The van der Waals surface area contributed by atoms with Gasteiger partial charge in [0, 0.05) is 12.7 Å². The van der Waals surface area contributed by atoms with Gasteiger partial charge in [-0.2, -0.15) is 0 Å². The van der Waals surface area contributed by atoms with Gasteiger partial charge < -0.3 is 9.64 Å². The van der Waals surface area contributed by atoms with Crippen LogP contribution in [0.15, 0.2) is 59.5 Å². The molecular weight excluding hydrogens is 354 g/mol. The van der Waals surface area contributed by atoms with Gasteiger partial charge in [-0.25, -0.2) is 13.2 Å². The second kappa shape index (κ2) is 8.14. The molecule has 0 aromatic heterocycles. The molecule has 0 fully saturated rings. The van der Waals surface area contributed by atoms with Gasteiger partial charge in [0.2, 0.25) is 0 Å². The number of likely N-dealkylation sites (N-methyl/N-ethyl adjacent to an activating group) is 1. The third-order valence-electron chi connectivity index (χ3n) is 3.93. The maximum atomic E-state index is 12.5. The minimum Gasteiger partial charge on any atom is -0.449 e. The van der Waals surface area contributed by atoms with Crippen molar-refractivity contribution in [3.63, 3.8) is 0 Å². The molecule has 0 aliphatic carbocycles. The molecule has 0 bridgehead atoms. The Kier molecular flexibility index (Phi) is 6.15. The molecule has 0 heterocycles. The van der Waals surface area contributed by atoms with Crippen LogP contribution in [-0.4, -0.2) is 39.2 Å². The Morgan fingerprint density at radius 2 is 1.62 bits per heavy atom. The van der Waals surface area contributed by atoms with E-state index in [1.165, 1.54) is 36.9 Å². The SMILES string of the molecule is CCS(=O)(=O)c1ccccc1C(=O)O[C@@H](C)C(=O)N(C)c1ccccc1. The minimum absolute atomic E-state index is 0.0728. The molecular formula is C19H21NO5S. The van der Waals surface area contributed by atoms with Crippen LogP contribution >= 0.6 is 0 Å². The van der Waals surface area contributed by atoms with E-state index >= 15 is 0 Å². The van der Waals surface area contributed by atoms with E-state index in [-0.39, 0.29) is 16.2 Å².